The van der Waals surface area contributed by atoms with Crippen LogP contribution in [0.4, 0.5) is 0 Å². The summed E-state index contributed by atoms with van der Waals surface area (Å²) in [5.74, 6) is 0.512. The third kappa shape index (κ3) is 4.89. The Labute approximate surface area is 128 Å². The normalized spacial score (nSPS) is 14.2. The largest absolute Gasteiger partial charge is 0.468 e. The second-order valence-corrected chi connectivity index (χ2v) is 6.51. The summed E-state index contributed by atoms with van der Waals surface area (Å²) in [6, 6.07) is 0.189. The summed E-state index contributed by atoms with van der Waals surface area (Å²) in [5, 5.41) is 10.2. The molecule has 1 atom stereocenters. The lowest BCUT2D eigenvalue weighted by Crippen LogP contribution is -2.53. The zero-order chi connectivity index (χ0) is 16.0. The summed E-state index contributed by atoms with van der Waals surface area (Å²) in [6.45, 7) is 5.85. The minimum absolute atomic E-state index is 0.189. The SMILES string of the molecule is COC(=O)C(C)(CCCSc1n[nH]c(=O)n1C)NC(C)C. The number of hydrogen-bond acceptors (Lipinski definition) is 6. The number of carbonyl (C=O) groups is 1. The van der Waals surface area contributed by atoms with E-state index in [0.29, 0.717) is 11.6 Å². The molecule has 0 saturated heterocycles. The van der Waals surface area contributed by atoms with Crippen molar-refractivity contribution in [3.63, 3.8) is 0 Å². The van der Waals surface area contributed by atoms with Gasteiger partial charge >= 0.3 is 11.7 Å². The molecule has 0 bridgehead atoms. The first-order valence-corrected chi connectivity index (χ1v) is 7.89. The van der Waals surface area contributed by atoms with Crippen LogP contribution in [0.1, 0.15) is 33.6 Å². The maximum absolute atomic E-state index is 11.9. The number of aromatic nitrogens is 3. The molecule has 7 nitrogen and oxygen atoms in total. The van der Waals surface area contributed by atoms with Crippen molar-refractivity contribution in [1.29, 1.82) is 0 Å². The molecule has 0 fully saturated rings. The van der Waals surface area contributed by atoms with Crippen molar-refractivity contribution in [2.24, 2.45) is 7.05 Å². The number of methoxy groups -OCH3 is 1. The summed E-state index contributed by atoms with van der Waals surface area (Å²) in [5.41, 5.74) is -0.917. The van der Waals surface area contributed by atoms with Gasteiger partial charge < -0.3 is 4.74 Å². The first-order valence-electron chi connectivity index (χ1n) is 6.90. The van der Waals surface area contributed by atoms with Gasteiger partial charge in [0.1, 0.15) is 5.54 Å². The van der Waals surface area contributed by atoms with Crippen LogP contribution in [0.2, 0.25) is 0 Å². The fourth-order valence-corrected chi connectivity index (χ4v) is 3.00. The van der Waals surface area contributed by atoms with E-state index < -0.39 is 5.54 Å². The van der Waals surface area contributed by atoms with Crippen molar-refractivity contribution in [1.82, 2.24) is 20.1 Å². The van der Waals surface area contributed by atoms with Gasteiger partial charge in [0.25, 0.3) is 0 Å². The number of ether oxygens (including phenoxy) is 1. The van der Waals surface area contributed by atoms with E-state index in [1.54, 1.807) is 7.05 Å². The molecule has 0 saturated carbocycles. The number of H-pyrrole nitrogens is 1. The summed E-state index contributed by atoms with van der Waals surface area (Å²) in [6.07, 6.45) is 1.46. The molecule has 2 N–H and O–H groups in total. The van der Waals surface area contributed by atoms with E-state index in [4.69, 9.17) is 4.74 Å². The number of thioether (sulfide) groups is 1. The highest BCUT2D eigenvalue weighted by atomic mass is 32.2. The number of nitrogens with zero attached hydrogens (tertiary/aromatic N) is 2. The molecular weight excluding hydrogens is 292 g/mol. The van der Waals surface area contributed by atoms with E-state index >= 15 is 0 Å². The summed E-state index contributed by atoms with van der Waals surface area (Å²) in [4.78, 5) is 23.2. The number of esters is 1. The number of carbonyl (C=O) groups excluding carboxylic acids is 1. The predicted molar refractivity (Wildman–Crippen MR) is 82.5 cm³/mol. The Kier molecular flexibility index (Phi) is 6.47. The number of rotatable bonds is 8. The van der Waals surface area contributed by atoms with Crippen molar-refractivity contribution in [2.75, 3.05) is 12.9 Å². The van der Waals surface area contributed by atoms with Gasteiger partial charge in [0, 0.05) is 18.8 Å². The van der Waals surface area contributed by atoms with Crippen LogP contribution in [0.5, 0.6) is 0 Å². The highest BCUT2D eigenvalue weighted by Crippen LogP contribution is 2.20. The van der Waals surface area contributed by atoms with Crippen LogP contribution in [0.25, 0.3) is 0 Å². The zero-order valence-electron chi connectivity index (χ0n) is 13.2. The van der Waals surface area contributed by atoms with Gasteiger partial charge in [0.05, 0.1) is 7.11 Å². The monoisotopic (exact) mass is 316 g/mol. The molecule has 1 aromatic rings. The van der Waals surface area contributed by atoms with E-state index in [1.807, 2.05) is 20.8 Å². The summed E-state index contributed by atoms with van der Waals surface area (Å²) >= 11 is 1.49. The lowest BCUT2D eigenvalue weighted by atomic mass is 9.95. The second-order valence-electron chi connectivity index (χ2n) is 5.45. The van der Waals surface area contributed by atoms with Gasteiger partial charge in [-0.25, -0.2) is 9.89 Å². The Morgan fingerprint density at radius 2 is 2.24 bits per heavy atom. The van der Waals surface area contributed by atoms with Gasteiger partial charge in [-0.05, 0) is 33.6 Å². The third-order valence-electron chi connectivity index (χ3n) is 3.13. The molecule has 8 heteroatoms. The molecule has 0 aromatic carbocycles. The maximum atomic E-state index is 11.9. The molecule has 1 rings (SSSR count). The smallest absolute Gasteiger partial charge is 0.343 e. The van der Waals surface area contributed by atoms with Crippen molar-refractivity contribution in [3.05, 3.63) is 10.5 Å². The second kappa shape index (κ2) is 7.65. The van der Waals surface area contributed by atoms with Crippen LogP contribution in [0, 0.1) is 0 Å². The fraction of sp³-hybridized carbons (Fsp3) is 0.769. The Hall–Kier alpha value is -1.28. The van der Waals surface area contributed by atoms with E-state index in [2.05, 4.69) is 15.5 Å². The molecule has 1 unspecified atom stereocenters. The van der Waals surface area contributed by atoms with Gasteiger partial charge in [-0.3, -0.25) is 14.7 Å². The van der Waals surface area contributed by atoms with Gasteiger partial charge in [0.15, 0.2) is 5.16 Å². The van der Waals surface area contributed by atoms with Crippen LogP contribution in [0.15, 0.2) is 9.95 Å². The minimum Gasteiger partial charge on any atom is -0.468 e. The van der Waals surface area contributed by atoms with Gasteiger partial charge in [-0.2, -0.15) is 0 Å². The van der Waals surface area contributed by atoms with Crippen molar-refractivity contribution in [2.45, 2.75) is 50.4 Å². The molecule has 1 aromatic heterocycles. The van der Waals surface area contributed by atoms with Crippen LogP contribution < -0.4 is 11.0 Å². The molecular formula is C13H24N4O3S. The standard InChI is InChI=1S/C13H24N4O3S/c1-9(2)14-13(3,10(18)20-5)7-6-8-21-12-16-15-11(19)17(12)4/h9,14H,6-8H2,1-5H3,(H,15,19). The Bertz CT molecular complexity index is 526. The van der Waals surface area contributed by atoms with Crippen LogP contribution in [-0.4, -0.2) is 45.2 Å². The zero-order valence-corrected chi connectivity index (χ0v) is 14.0. The van der Waals surface area contributed by atoms with Gasteiger partial charge in [0.2, 0.25) is 0 Å². The van der Waals surface area contributed by atoms with Crippen molar-refractivity contribution in [3.8, 4) is 0 Å². The van der Waals surface area contributed by atoms with Crippen molar-refractivity contribution >= 4 is 17.7 Å². The van der Waals surface area contributed by atoms with Crippen molar-refractivity contribution < 1.29 is 9.53 Å². The van der Waals surface area contributed by atoms with E-state index in [0.717, 1.165) is 12.2 Å². The highest BCUT2D eigenvalue weighted by Gasteiger charge is 2.34. The average molecular weight is 316 g/mol. The van der Waals surface area contributed by atoms with Crippen LogP contribution in [0.3, 0.4) is 0 Å². The molecule has 0 aliphatic carbocycles. The van der Waals surface area contributed by atoms with Crippen LogP contribution in [-0.2, 0) is 16.6 Å². The molecule has 120 valence electrons. The molecule has 21 heavy (non-hydrogen) atoms. The molecule has 1 heterocycles. The Balaban J connectivity index is 2.52. The molecule has 0 amide bonds. The van der Waals surface area contributed by atoms with E-state index in [9.17, 15) is 9.59 Å². The minimum atomic E-state index is -0.694. The first-order chi connectivity index (χ1) is 9.80. The van der Waals surface area contributed by atoms with Gasteiger partial charge in [-0.1, -0.05) is 11.8 Å². The molecule has 0 aliphatic rings. The maximum Gasteiger partial charge on any atom is 0.343 e. The molecule has 0 spiro atoms. The molecule has 0 aliphatic heterocycles. The lowest BCUT2D eigenvalue weighted by Gasteiger charge is -2.30. The van der Waals surface area contributed by atoms with E-state index in [-0.39, 0.29) is 17.7 Å². The van der Waals surface area contributed by atoms with Crippen LogP contribution >= 0.6 is 11.8 Å². The highest BCUT2D eigenvalue weighted by molar-refractivity contribution is 7.99. The number of hydrogen-bond donors (Lipinski definition) is 2. The van der Waals surface area contributed by atoms with Gasteiger partial charge in [-0.15, -0.1) is 5.10 Å². The quantitative estimate of drug-likeness (QED) is 0.421. The first kappa shape index (κ1) is 17.8. The third-order valence-corrected chi connectivity index (χ3v) is 4.25. The lowest BCUT2D eigenvalue weighted by molar-refractivity contribution is -0.148. The van der Waals surface area contributed by atoms with E-state index in [1.165, 1.54) is 23.4 Å². The summed E-state index contributed by atoms with van der Waals surface area (Å²) < 4.78 is 6.35. The fourth-order valence-electron chi connectivity index (χ4n) is 2.15. The number of nitrogens with one attached hydrogen (secondary N) is 2. The average Bonchev–Trinajstić information content (AvgIpc) is 2.73. The predicted octanol–water partition coefficient (Wildman–Crippen LogP) is 0.910. The Morgan fingerprint density at radius 3 is 2.71 bits per heavy atom. The topological polar surface area (TPSA) is 89.0 Å². The number of aromatic amines is 1. The molecule has 0 radical (unpaired) electrons. The Morgan fingerprint density at radius 1 is 1.57 bits per heavy atom. The summed E-state index contributed by atoms with van der Waals surface area (Å²) in [7, 11) is 3.07.